The van der Waals surface area contributed by atoms with Crippen LogP contribution in [0, 0.1) is 19.3 Å². The summed E-state index contributed by atoms with van der Waals surface area (Å²) in [5.41, 5.74) is 2.01. The van der Waals surface area contributed by atoms with Gasteiger partial charge in [-0.15, -0.1) is 0 Å². The minimum absolute atomic E-state index is 0.245. The lowest BCUT2D eigenvalue weighted by Crippen LogP contribution is -2.63. The smallest absolute Gasteiger partial charge is 0.267 e. The maximum atomic E-state index is 12.7. The van der Waals surface area contributed by atoms with E-state index in [0.717, 1.165) is 24.5 Å². The van der Waals surface area contributed by atoms with Crippen molar-refractivity contribution in [3.05, 3.63) is 51.7 Å². The number of aromatic nitrogens is 3. The fraction of sp³-hybridized carbons (Fsp3) is 0.333. The Labute approximate surface area is 193 Å². The number of carbonyl (C=O) groups is 1. The third-order valence-electron chi connectivity index (χ3n) is 5.44. The Kier molecular flexibility index (Phi) is 5.27. The first-order chi connectivity index (χ1) is 14.9. The van der Waals surface area contributed by atoms with Gasteiger partial charge in [-0.2, -0.15) is 11.8 Å². The summed E-state index contributed by atoms with van der Waals surface area (Å²) in [4.78, 5) is 28.9. The molecular weight excluding hydrogens is 452 g/mol. The number of rotatable bonds is 5. The van der Waals surface area contributed by atoms with E-state index in [4.69, 9.17) is 11.6 Å². The minimum atomic E-state index is -0.245. The molecule has 0 radical (unpaired) electrons. The molecule has 1 spiro atoms. The highest BCUT2D eigenvalue weighted by Crippen LogP contribution is 2.46. The Bertz CT molecular complexity index is 1130. The van der Waals surface area contributed by atoms with Crippen LogP contribution < -0.4 is 15.5 Å². The second-order valence-electron chi connectivity index (χ2n) is 8.05. The van der Waals surface area contributed by atoms with Crippen molar-refractivity contribution in [2.24, 2.45) is 5.41 Å². The van der Waals surface area contributed by atoms with Crippen molar-refractivity contribution in [1.82, 2.24) is 15.0 Å². The standard InChI is InChI=1S/C21H21ClN6OS2/c1-12-4-3-5-14(22)18(12)27-19(29)15-7-23-20(31-15)26-16-6-17(25-13(2)24-16)28-8-21(9-28)10-30-11-21/h3-7H,8-11H2,1-2H3,(H,27,29)(H,23,24,25,26). The highest BCUT2D eigenvalue weighted by molar-refractivity contribution is 8.00. The van der Waals surface area contributed by atoms with E-state index >= 15 is 0 Å². The summed E-state index contributed by atoms with van der Waals surface area (Å²) in [6, 6.07) is 7.45. The number of carbonyl (C=O) groups excluding carboxylic acids is 1. The summed E-state index contributed by atoms with van der Waals surface area (Å²) in [5, 5.41) is 7.20. The van der Waals surface area contributed by atoms with Crippen LogP contribution in [0.4, 0.5) is 22.5 Å². The minimum Gasteiger partial charge on any atom is -0.355 e. The molecule has 7 nitrogen and oxygen atoms in total. The van der Waals surface area contributed by atoms with Gasteiger partial charge in [-0.1, -0.05) is 35.1 Å². The van der Waals surface area contributed by atoms with Crippen LogP contribution in [-0.2, 0) is 0 Å². The number of aryl methyl sites for hydroxylation is 2. The summed E-state index contributed by atoms with van der Waals surface area (Å²) in [5.74, 6) is 4.56. The number of thioether (sulfide) groups is 1. The number of nitrogens with one attached hydrogen (secondary N) is 2. The first-order valence-corrected chi connectivity index (χ1v) is 12.2. The molecule has 3 aromatic rings. The van der Waals surface area contributed by atoms with E-state index in [1.54, 1.807) is 12.3 Å². The quantitative estimate of drug-likeness (QED) is 0.554. The van der Waals surface area contributed by atoms with Crippen molar-refractivity contribution in [3.63, 3.8) is 0 Å². The number of hydrogen-bond acceptors (Lipinski definition) is 8. The fourth-order valence-corrected chi connectivity index (χ4v) is 5.92. The van der Waals surface area contributed by atoms with E-state index < -0.39 is 0 Å². The van der Waals surface area contributed by atoms with Gasteiger partial charge in [0.1, 0.15) is 22.3 Å². The van der Waals surface area contributed by atoms with Crippen molar-refractivity contribution >= 4 is 63.1 Å². The van der Waals surface area contributed by atoms with Gasteiger partial charge in [-0.3, -0.25) is 4.79 Å². The summed E-state index contributed by atoms with van der Waals surface area (Å²) in [6.07, 6.45) is 1.55. The monoisotopic (exact) mass is 472 g/mol. The second kappa shape index (κ2) is 7.96. The molecule has 0 saturated carbocycles. The van der Waals surface area contributed by atoms with Crippen LogP contribution in [0.2, 0.25) is 5.02 Å². The molecule has 2 aromatic heterocycles. The van der Waals surface area contributed by atoms with Crippen molar-refractivity contribution in [3.8, 4) is 0 Å². The van der Waals surface area contributed by atoms with Crippen LogP contribution in [0.1, 0.15) is 21.1 Å². The molecule has 160 valence electrons. The summed E-state index contributed by atoms with van der Waals surface area (Å²) in [6.45, 7) is 5.90. The van der Waals surface area contributed by atoms with Crippen LogP contribution in [0.15, 0.2) is 30.5 Å². The summed E-state index contributed by atoms with van der Waals surface area (Å²) >= 11 is 9.50. The average Bonchev–Trinajstić information content (AvgIpc) is 3.10. The van der Waals surface area contributed by atoms with Gasteiger partial charge in [0.2, 0.25) is 0 Å². The lowest BCUT2D eigenvalue weighted by Gasteiger charge is -2.55. The molecule has 0 aliphatic carbocycles. The van der Waals surface area contributed by atoms with Gasteiger partial charge in [0.15, 0.2) is 5.13 Å². The van der Waals surface area contributed by atoms with Crippen LogP contribution in [0.3, 0.4) is 0 Å². The molecule has 2 saturated heterocycles. The zero-order valence-corrected chi connectivity index (χ0v) is 19.5. The molecule has 31 heavy (non-hydrogen) atoms. The van der Waals surface area contributed by atoms with Crippen LogP contribution in [0.5, 0.6) is 0 Å². The highest BCUT2D eigenvalue weighted by atomic mass is 35.5. The molecule has 0 bridgehead atoms. The topological polar surface area (TPSA) is 83.0 Å². The number of benzene rings is 1. The van der Waals surface area contributed by atoms with Crippen LogP contribution >= 0.6 is 34.7 Å². The number of thiazole rings is 1. The van der Waals surface area contributed by atoms with E-state index in [1.807, 2.05) is 43.8 Å². The predicted octanol–water partition coefficient (Wildman–Crippen LogP) is 4.75. The maximum absolute atomic E-state index is 12.7. The Hall–Kier alpha value is -2.36. The lowest BCUT2D eigenvalue weighted by molar-refractivity contribution is 0.103. The fourth-order valence-electron chi connectivity index (χ4n) is 3.79. The Morgan fingerprint density at radius 1 is 1.23 bits per heavy atom. The number of para-hydroxylation sites is 1. The first kappa shape index (κ1) is 20.5. The number of anilines is 4. The lowest BCUT2D eigenvalue weighted by atomic mass is 9.83. The largest absolute Gasteiger partial charge is 0.355 e. The van der Waals surface area contributed by atoms with Crippen molar-refractivity contribution in [2.45, 2.75) is 13.8 Å². The van der Waals surface area contributed by atoms with Gasteiger partial charge in [-0.25, -0.2) is 15.0 Å². The summed E-state index contributed by atoms with van der Waals surface area (Å²) < 4.78 is 0. The Morgan fingerprint density at radius 3 is 2.74 bits per heavy atom. The average molecular weight is 473 g/mol. The van der Waals surface area contributed by atoms with Crippen molar-refractivity contribution in [2.75, 3.05) is 40.1 Å². The highest BCUT2D eigenvalue weighted by Gasteiger charge is 2.48. The van der Waals surface area contributed by atoms with Gasteiger partial charge in [0.25, 0.3) is 5.91 Å². The molecule has 2 fully saturated rings. The Balaban J connectivity index is 1.28. The molecule has 4 heterocycles. The van der Waals surface area contributed by atoms with Gasteiger partial charge < -0.3 is 15.5 Å². The van der Waals surface area contributed by atoms with E-state index in [2.05, 4.69) is 30.5 Å². The molecule has 5 rings (SSSR count). The summed E-state index contributed by atoms with van der Waals surface area (Å²) in [7, 11) is 0. The number of hydrogen-bond donors (Lipinski definition) is 2. The molecule has 2 aliphatic heterocycles. The van der Waals surface area contributed by atoms with Crippen LogP contribution in [-0.4, -0.2) is 45.5 Å². The SMILES string of the molecule is Cc1nc(Nc2ncc(C(=O)Nc3c(C)cccc3Cl)s2)cc(N2CC3(CSC3)C2)n1. The molecule has 10 heteroatoms. The third kappa shape index (κ3) is 4.09. The van der Waals surface area contributed by atoms with Gasteiger partial charge in [0.05, 0.1) is 16.9 Å². The van der Waals surface area contributed by atoms with E-state index in [9.17, 15) is 4.79 Å². The van der Waals surface area contributed by atoms with Crippen molar-refractivity contribution in [1.29, 1.82) is 0 Å². The molecule has 0 atom stereocenters. The van der Waals surface area contributed by atoms with Gasteiger partial charge in [-0.05, 0) is 25.5 Å². The molecule has 0 unspecified atom stereocenters. The molecule has 2 aliphatic rings. The number of amides is 1. The molecular formula is C21H21ClN6OS2. The Morgan fingerprint density at radius 2 is 2.03 bits per heavy atom. The van der Waals surface area contributed by atoms with Crippen molar-refractivity contribution < 1.29 is 4.79 Å². The molecule has 1 amide bonds. The van der Waals surface area contributed by atoms with Crippen LogP contribution in [0.25, 0.3) is 0 Å². The molecule has 1 aromatic carbocycles. The zero-order chi connectivity index (χ0) is 21.6. The number of nitrogens with zero attached hydrogens (tertiary/aromatic N) is 4. The van der Waals surface area contributed by atoms with Gasteiger partial charge >= 0.3 is 0 Å². The van der Waals surface area contributed by atoms with E-state index in [1.165, 1.54) is 22.8 Å². The normalized spacial score (nSPS) is 16.5. The number of halogens is 1. The second-order valence-corrected chi connectivity index (χ2v) is 10.5. The first-order valence-electron chi connectivity index (χ1n) is 9.89. The van der Waals surface area contributed by atoms with Gasteiger partial charge in [0, 0.05) is 36.1 Å². The molecule has 2 N–H and O–H groups in total. The predicted molar refractivity (Wildman–Crippen MR) is 128 cm³/mol. The zero-order valence-electron chi connectivity index (χ0n) is 17.1. The maximum Gasteiger partial charge on any atom is 0.267 e. The van der Waals surface area contributed by atoms with E-state index in [0.29, 0.717) is 37.8 Å². The third-order valence-corrected chi connectivity index (χ3v) is 8.30. The van der Waals surface area contributed by atoms with E-state index in [-0.39, 0.29) is 5.91 Å².